The van der Waals surface area contributed by atoms with Crippen LogP contribution in [0.5, 0.6) is 0 Å². The van der Waals surface area contributed by atoms with Crippen molar-refractivity contribution in [1.29, 1.82) is 0 Å². The third-order valence-electron chi connectivity index (χ3n) is 4.04. The van der Waals surface area contributed by atoms with Gasteiger partial charge >= 0.3 is 0 Å². The van der Waals surface area contributed by atoms with Crippen LogP contribution in [0.1, 0.15) is 38.5 Å². The van der Waals surface area contributed by atoms with Crippen molar-refractivity contribution < 1.29 is 4.79 Å². The molecule has 1 aliphatic rings. The van der Waals surface area contributed by atoms with Crippen LogP contribution in [-0.2, 0) is 4.79 Å². The molecule has 0 spiro atoms. The molecule has 0 unspecified atom stereocenters. The van der Waals surface area contributed by atoms with Crippen LogP contribution >= 0.6 is 27.5 Å². The van der Waals surface area contributed by atoms with Gasteiger partial charge in [-0.2, -0.15) is 0 Å². The Morgan fingerprint density at radius 3 is 2.65 bits per heavy atom. The Labute approximate surface area is 133 Å². The van der Waals surface area contributed by atoms with Gasteiger partial charge in [-0.3, -0.25) is 4.79 Å². The molecule has 3 nitrogen and oxygen atoms in total. The number of carbonyl (C=O) groups is 1. The van der Waals surface area contributed by atoms with Crippen LogP contribution in [0.25, 0.3) is 0 Å². The quantitative estimate of drug-likeness (QED) is 0.839. The van der Waals surface area contributed by atoms with E-state index in [9.17, 15) is 4.79 Å². The average molecular weight is 360 g/mol. The molecule has 1 amide bonds. The standard InChI is InChI=1S/C15H20BrClN2O/c1-18-15(7-3-2-4-8-15)10-14(20)19-11-5-6-13(17)12(16)9-11/h5-6,9,18H,2-4,7-8,10H2,1H3,(H,19,20). The molecule has 1 aromatic rings. The molecule has 5 heteroatoms. The van der Waals surface area contributed by atoms with Gasteiger partial charge in [0.2, 0.25) is 5.91 Å². The number of anilines is 1. The number of carbonyl (C=O) groups excluding carboxylic acids is 1. The first-order chi connectivity index (χ1) is 9.54. The maximum Gasteiger partial charge on any atom is 0.226 e. The van der Waals surface area contributed by atoms with Gasteiger partial charge in [0.25, 0.3) is 0 Å². The van der Waals surface area contributed by atoms with Gasteiger partial charge in [-0.15, -0.1) is 0 Å². The Balaban J connectivity index is 1.98. The molecule has 2 N–H and O–H groups in total. The summed E-state index contributed by atoms with van der Waals surface area (Å²) < 4.78 is 0.790. The van der Waals surface area contributed by atoms with Crippen molar-refractivity contribution in [2.45, 2.75) is 44.1 Å². The van der Waals surface area contributed by atoms with Crippen molar-refractivity contribution in [3.8, 4) is 0 Å². The highest BCUT2D eigenvalue weighted by Gasteiger charge is 2.32. The van der Waals surface area contributed by atoms with E-state index in [4.69, 9.17) is 11.6 Å². The van der Waals surface area contributed by atoms with Crippen LogP contribution in [-0.4, -0.2) is 18.5 Å². The molecule has 1 fully saturated rings. The molecular formula is C15H20BrClN2O. The molecule has 2 rings (SSSR count). The third kappa shape index (κ3) is 3.96. The van der Waals surface area contributed by atoms with E-state index in [1.165, 1.54) is 19.3 Å². The second kappa shape index (κ2) is 6.92. The predicted octanol–water partition coefficient (Wildman–Crippen LogP) is 4.35. The monoisotopic (exact) mass is 358 g/mol. The average Bonchev–Trinajstić information content (AvgIpc) is 2.44. The van der Waals surface area contributed by atoms with Crippen LogP contribution in [0.4, 0.5) is 5.69 Å². The van der Waals surface area contributed by atoms with Gasteiger partial charge in [0.15, 0.2) is 0 Å². The normalized spacial score (nSPS) is 17.8. The van der Waals surface area contributed by atoms with Gasteiger partial charge < -0.3 is 10.6 Å². The SMILES string of the molecule is CNC1(CC(=O)Nc2ccc(Cl)c(Br)c2)CCCCC1. The zero-order valence-electron chi connectivity index (χ0n) is 11.6. The van der Waals surface area contributed by atoms with Gasteiger partial charge in [-0.25, -0.2) is 0 Å². The van der Waals surface area contributed by atoms with E-state index in [1.54, 1.807) is 6.07 Å². The van der Waals surface area contributed by atoms with Gasteiger partial charge in [-0.1, -0.05) is 30.9 Å². The van der Waals surface area contributed by atoms with Crippen LogP contribution in [0.2, 0.25) is 5.02 Å². The largest absolute Gasteiger partial charge is 0.326 e. The molecule has 0 atom stereocenters. The molecule has 1 saturated carbocycles. The molecule has 0 bridgehead atoms. The summed E-state index contributed by atoms with van der Waals surface area (Å²) in [6.07, 6.45) is 6.32. The molecule has 1 aromatic carbocycles. The van der Waals surface area contributed by atoms with E-state index in [0.29, 0.717) is 11.4 Å². The van der Waals surface area contributed by atoms with Crippen LogP contribution < -0.4 is 10.6 Å². The number of hydrogen-bond acceptors (Lipinski definition) is 2. The molecule has 1 aliphatic carbocycles. The second-order valence-corrected chi connectivity index (χ2v) is 6.71. The van der Waals surface area contributed by atoms with E-state index in [1.807, 2.05) is 19.2 Å². The van der Waals surface area contributed by atoms with Gasteiger partial charge in [0, 0.05) is 22.1 Å². The lowest BCUT2D eigenvalue weighted by atomic mass is 9.79. The van der Waals surface area contributed by atoms with Crippen LogP contribution in [0.3, 0.4) is 0 Å². The van der Waals surface area contributed by atoms with Crippen molar-refractivity contribution in [3.63, 3.8) is 0 Å². The highest BCUT2D eigenvalue weighted by molar-refractivity contribution is 9.10. The fourth-order valence-corrected chi connectivity index (χ4v) is 3.33. The fourth-order valence-electron chi connectivity index (χ4n) is 2.83. The molecule has 0 saturated heterocycles. The van der Waals surface area contributed by atoms with Crippen molar-refractivity contribution >= 4 is 39.1 Å². The number of hydrogen-bond donors (Lipinski definition) is 2. The first-order valence-corrected chi connectivity index (χ1v) is 8.16. The summed E-state index contributed by atoms with van der Waals surface area (Å²) in [5, 5.41) is 6.95. The highest BCUT2D eigenvalue weighted by Crippen LogP contribution is 2.31. The molecule has 0 aliphatic heterocycles. The minimum atomic E-state index is -0.0357. The first kappa shape index (κ1) is 15.8. The van der Waals surface area contributed by atoms with E-state index in [2.05, 4.69) is 26.6 Å². The molecule has 0 radical (unpaired) electrons. The number of amides is 1. The summed E-state index contributed by atoms with van der Waals surface area (Å²) in [4.78, 5) is 12.2. The van der Waals surface area contributed by atoms with Crippen LogP contribution in [0.15, 0.2) is 22.7 Å². The number of halogens is 2. The Hall–Kier alpha value is -0.580. The number of nitrogens with one attached hydrogen (secondary N) is 2. The molecular weight excluding hydrogens is 340 g/mol. The summed E-state index contributed by atoms with van der Waals surface area (Å²) in [5.41, 5.74) is 0.736. The van der Waals surface area contributed by atoms with Gasteiger partial charge in [-0.05, 0) is 54.0 Å². The van der Waals surface area contributed by atoms with E-state index in [0.717, 1.165) is 23.0 Å². The second-order valence-electron chi connectivity index (χ2n) is 5.44. The van der Waals surface area contributed by atoms with E-state index in [-0.39, 0.29) is 11.4 Å². The minimum Gasteiger partial charge on any atom is -0.326 e. The lowest BCUT2D eigenvalue weighted by Crippen LogP contribution is -2.47. The molecule has 110 valence electrons. The van der Waals surface area contributed by atoms with Crippen molar-refractivity contribution in [3.05, 3.63) is 27.7 Å². The lowest BCUT2D eigenvalue weighted by molar-refractivity contribution is -0.117. The maximum atomic E-state index is 12.2. The minimum absolute atomic E-state index is 0.0357. The summed E-state index contributed by atoms with van der Waals surface area (Å²) in [6.45, 7) is 0. The number of rotatable bonds is 4. The first-order valence-electron chi connectivity index (χ1n) is 6.98. The van der Waals surface area contributed by atoms with Crippen molar-refractivity contribution in [1.82, 2.24) is 5.32 Å². The smallest absolute Gasteiger partial charge is 0.226 e. The maximum absolute atomic E-state index is 12.2. The lowest BCUT2D eigenvalue weighted by Gasteiger charge is -2.36. The third-order valence-corrected chi connectivity index (χ3v) is 5.26. The van der Waals surface area contributed by atoms with E-state index >= 15 is 0 Å². The fraction of sp³-hybridized carbons (Fsp3) is 0.533. The van der Waals surface area contributed by atoms with E-state index < -0.39 is 0 Å². The zero-order valence-corrected chi connectivity index (χ0v) is 14.0. The van der Waals surface area contributed by atoms with Gasteiger partial charge in [0.1, 0.15) is 0 Å². The Morgan fingerprint density at radius 2 is 2.05 bits per heavy atom. The summed E-state index contributed by atoms with van der Waals surface area (Å²) >= 11 is 9.31. The van der Waals surface area contributed by atoms with Gasteiger partial charge in [0.05, 0.1) is 5.02 Å². The molecule has 0 heterocycles. The van der Waals surface area contributed by atoms with Crippen molar-refractivity contribution in [2.75, 3.05) is 12.4 Å². The topological polar surface area (TPSA) is 41.1 Å². The van der Waals surface area contributed by atoms with Crippen LogP contribution in [0, 0.1) is 0 Å². The Kier molecular flexibility index (Phi) is 5.47. The molecule has 20 heavy (non-hydrogen) atoms. The summed E-state index contributed by atoms with van der Waals surface area (Å²) in [7, 11) is 1.96. The predicted molar refractivity (Wildman–Crippen MR) is 87.3 cm³/mol. The van der Waals surface area contributed by atoms with Crippen molar-refractivity contribution in [2.24, 2.45) is 0 Å². The Bertz CT molecular complexity index is 487. The molecule has 0 aromatic heterocycles. The number of benzene rings is 1. The zero-order chi connectivity index (χ0) is 14.6. The summed E-state index contributed by atoms with van der Waals surface area (Å²) in [6, 6.07) is 5.42. The summed E-state index contributed by atoms with van der Waals surface area (Å²) in [5.74, 6) is 0.0514. The Morgan fingerprint density at radius 1 is 1.35 bits per heavy atom. The highest BCUT2D eigenvalue weighted by atomic mass is 79.9.